The van der Waals surface area contributed by atoms with Gasteiger partial charge >= 0.3 is 0 Å². The number of halogens is 1. The van der Waals surface area contributed by atoms with Crippen LogP contribution >= 0.6 is 24.0 Å². The summed E-state index contributed by atoms with van der Waals surface area (Å²) in [5.74, 6) is 1.68. The predicted octanol–water partition coefficient (Wildman–Crippen LogP) is 4.76. The lowest BCUT2D eigenvalue weighted by Crippen LogP contribution is -2.38. The number of methoxy groups -OCH3 is 1. The van der Waals surface area contributed by atoms with Gasteiger partial charge in [-0.2, -0.15) is 0 Å². The fourth-order valence-electron chi connectivity index (χ4n) is 3.15. The van der Waals surface area contributed by atoms with Gasteiger partial charge in [0, 0.05) is 18.8 Å². The number of furan rings is 1. The van der Waals surface area contributed by atoms with Crippen LogP contribution < -0.4 is 20.7 Å². The molecule has 0 spiro atoms. The van der Waals surface area contributed by atoms with Crippen LogP contribution in [0.4, 0.5) is 5.69 Å². The number of amides is 1. The molecule has 33 heavy (non-hydrogen) atoms. The van der Waals surface area contributed by atoms with Gasteiger partial charge in [-0.25, -0.2) is 4.99 Å². The van der Waals surface area contributed by atoms with Crippen molar-refractivity contribution in [3.63, 3.8) is 0 Å². The summed E-state index contributed by atoms with van der Waals surface area (Å²) in [4.78, 5) is 16.7. The van der Waals surface area contributed by atoms with E-state index in [0.717, 1.165) is 42.3 Å². The molecule has 3 rings (SSSR count). The Kier molecular flexibility index (Phi) is 10.8. The van der Waals surface area contributed by atoms with Gasteiger partial charge in [-0.15, -0.1) is 24.0 Å². The fourth-order valence-corrected chi connectivity index (χ4v) is 3.15. The van der Waals surface area contributed by atoms with Crippen molar-refractivity contribution in [3.05, 3.63) is 83.3 Å². The molecule has 1 aromatic heterocycles. The number of nitrogens with zero attached hydrogens (tertiary/aromatic N) is 1. The maximum absolute atomic E-state index is 12.1. The summed E-state index contributed by atoms with van der Waals surface area (Å²) in [7, 11) is 1.69. The Labute approximate surface area is 212 Å². The minimum absolute atomic E-state index is 0. The molecule has 0 bridgehead atoms. The molecule has 0 unspecified atom stereocenters. The quantitative estimate of drug-likeness (QED) is 0.199. The largest absolute Gasteiger partial charge is 0.496 e. The molecular formula is C25H31IN4O3. The second-order valence-electron chi connectivity index (χ2n) is 7.30. The first-order valence-electron chi connectivity index (χ1n) is 10.7. The van der Waals surface area contributed by atoms with Gasteiger partial charge in [-0.3, -0.25) is 4.79 Å². The Bertz CT molecular complexity index is 1030. The minimum Gasteiger partial charge on any atom is -0.496 e. The molecule has 0 aliphatic heterocycles. The van der Waals surface area contributed by atoms with Crippen molar-refractivity contribution < 1.29 is 13.9 Å². The molecule has 8 heteroatoms. The zero-order chi connectivity index (χ0) is 22.8. The van der Waals surface area contributed by atoms with Crippen LogP contribution in [0.2, 0.25) is 0 Å². The Hall–Kier alpha value is -3.01. The SMILES string of the molecule is CCNC(=NCc1ccc(NC(=O)c2ccco2)cc1)NCCc1ccc(C)c(OC)c1.I. The molecule has 0 atom stereocenters. The second kappa shape index (κ2) is 13.5. The van der Waals surface area contributed by atoms with Gasteiger partial charge in [0.15, 0.2) is 11.7 Å². The number of carbonyl (C=O) groups excluding carboxylic acids is 1. The van der Waals surface area contributed by atoms with Crippen molar-refractivity contribution in [2.45, 2.75) is 26.8 Å². The number of anilines is 1. The first-order chi connectivity index (χ1) is 15.6. The van der Waals surface area contributed by atoms with Gasteiger partial charge in [0.25, 0.3) is 5.91 Å². The molecule has 0 fully saturated rings. The van der Waals surface area contributed by atoms with Crippen LogP contribution in [-0.2, 0) is 13.0 Å². The topological polar surface area (TPSA) is 87.9 Å². The average molecular weight is 562 g/mol. The Morgan fingerprint density at radius 2 is 1.82 bits per heavy atom. The van der Waals surface area contributed by atoms with E-state index in [1.165, 1.54) is 11.8 Å². The van der Waals surface area contributed by atoms with Crippen LogP contribution in [0.25, 0.3) is 0 Å². The highest BCUT2D eigenvalue weighted by molar-refractivity contribution is 14.0. The molecule has 2 aromatic carbocycles. The van der Waals surface area contributed by atoms with Crippen molar-refractivity contribution >= 4 is 41.5 Å². The van der Waals surface area contributed by atoms with Crippen LogP contribution in [0, 0.1) is 6.92 Å². The lowest BCUT2D eigenvalue weighted by Gasteiger charge is -2.12. The molecule has 176 valence electrons. The van der Waals surface area contributed by atoms with Crippen LogP contribution in [-0.4, -0.2) is 32.1 Å². The first-order valence-corrected chi connectivity index (χ1v) is 10.7. The number of hydrogen-bond donors (Lipinski definition) is 3. The van der Waals surface area contributed by atoms with Gasteiger partial charge < -0.3 is 25.1 Å². The summed E-state index contributed by atoms with van der Waals surface area (Å²) >= 11 is 0. The minimum atomic E-state index is -0.273. The van der Waals surface area contributed by atoms with Gasteiger partial charge in [-0.1, -0.05) is 24.3 Å². The van der Waals surface area contributed by atoms with E-state index in [9.17, 15) is 4.79 Å². The van der Waals surface area contributed by atoms with Crippen molar-refractivity contribution in [3.8, 4) is 5.75 Å². The normalized spacial score (nSPS) is 10.8. The molecule has 0 saturated heterocycles. The van der Waals surface area contributed by atoms with E-state index < -0.39 is 0 Å². The van der Waals surface area contributed by atoms with Crippen molar-refractivity contribution in [2.75, 3.05) is 25.5 Å². The molecule has 0 radical (unpaired) electrons. The smallest absolute Gasteiger partial charge is 0.291 e. The molecule has 1 heterocycles. The molecule has 0 aliphatic rings. The Balaban J connectivity index is 0.00000385. The maximum atomic E-state index is 12.1. The van der Waals surface area contributed by atoms with Gasteiger partial charge in [0.2, 0.25) is 0 Å². The number of benzene rings is 2. The van der Waals surface area contributed by atoms with Crippen molar-refractivity contribution in [1.82, 2.24) is 10.6 Å². The number of hydrogen-bond acceptors (Lipinski definition) is 4. The monoisotopic (exact) mass is 562 g/mol. The number of guanidine groups is 1. The zero-order valence-corrected chi connectivity index (χ0v) is 21.5. The molecule has 0 aliphatic carbocycles. The van der Waals surface area contributed by atoms with Crippen LogP contribution in [0.5, 0.6) is 5.75 Å². The lowest BCUT2D eigenvalue weighted by molar-refractivity contribution is 0.0996. The maximum Gasteiger partial charge on any atom is 0.291 e. The Morgan fingerprint density at radius 3 is 2.48 bits per heavy atom. The van der Waals surface area contributed by atoms with E-state index in [4.69, 9.17) is 9.15 Å². The number of carbonyl (C=O) groups is 1. The third-order valence-corrected chi connectivity index (χ3v) is 4.90. The van der Waals surface area contributed by atoms with Gasteiger partial charge in [0.1, 0.15) is 5.75 Å². The molecule has 3 N–H and O–H groups in total. The highest BCUT2D eigenvalue weighted by Gasteiger charge is 2.08. The molecule has 7 nitrogen and oxygen atoms in total. The number of aliphatic imine (C=N–C) groups is 1. The third kappa shape index (κ3) is 8.12. The number of aryl methyl sites for hydroxylation is 1. The van der Waals surface area contributed by atoms with Crippen LogP contribution in [0.15, 0.2) is 70.3 Å². The van der Waals surface area contributed by atoms with E-state index in [1.54, 1.807) is 19.2 Å². The summed E-state index contributed by atoms with van der Waals surface area (Å²) in [6, 6.07) is 17.2. The summed E-state index contributed by atoms with van der Waals surface area (Å²) in [6.45, 7) is 6.15. The van der Waals surface area contributed by atoms with E-state index in [0.29, 0.717) is 12.2 Å². The second-order valence-corrected chi connectivity index (χ2v) is 7.30. The van der Waals surface area contributed by atoms with Gasteiger partial charge in [-0.05, 0) is 67.3 Å². The van der Waals surface area contributed by atoms with E-state index in [2.05, 4.69) is 39.1 Å². The summed E-state index contributed by atoms with van der Waals surface area (Å²) in [6.07, 6.45) is 2.34. The van der Waals surface area contributed by atoms with E-state index in [-0.39, 0.29) is 35.6 Å². The summed E-state index contributed by atoms with van der Waals surface area (Å²) in [5, 5.41) is 9.46. The summed E-state index contributed by atoms with van der Waals surface area (Å²) < 4.78 is 10.5. The first kappa shape index (κ1) is 26.2. The molecular weight excluding hydrogens is 531 g/mol. The highest BCUT2D eigenvalue weighted by Crippen LogP contribution is 2.19. The van der Waals surface area contributed by atoms with Gasteiger partial charge in [0.05, 0.1) is 19.9 Å². The van der Waals surface area contributed by atoms with Crippen LogP contribution in [0.1, 0.15) is 34.2 Å². The summed E-state index contributed by atoms with van der Waals surface area (Å²) in [5.41, 5.74) is 4.09. The molecule has 1 amide bonds. The zero-order valence-electron chi connectivity index (χ0n) is 19.2. The van der Waals surface area contributed by atoms with Crippen LogP contribution in [0.3, 0.4) is 0 Å². The van der Waals surface area contributed by atoms with Crippen molar-refractivity contribution in [2.24, 2.45) is 4.99 Å². The molecule has 3 aromatic rings. The molecule has 0 saturated carbocycles. The highest BCUT2D eigenvalue weighted by atomic mass is 127. The standard InChI is InChI=1S/C25H30N4O3.HI/c1-4-26-25(27-14-13-19-8-7-18(2)23(16-19)31-3)28-17-20-9-11-21(12-10-20)29-24(30)22-6-5-15-32-22;/h5-12,15-16H,4,13-14,17H2,1-3H3,(H,29,30)(H2,26,27,28);1H. The lowest BCUT2D eigenvalue weighted by atomic mass is 10.1. The van der Waals surface area contributed by atoms with Crippen molar-refractivity contribution in [1.29, 1.82) is 0 Å². The Morgan fingerprint density at radius 1 is 1.06 bits per heavy atom. The fraction of sp³-hybridized carbons (Fsp3) is 0.280. The van der Waals surface area contributed by atoms with E-state index >= 15 is 0 Å². The average Bonchev–Trinajstić information content (AvgIpc) is 3.35. The van der Waals surface area contributed by atoms with E-state index in [1.807, 2.05) is 38.1 Å². The predicted molar refractivity (Wildman–Crippen MR) is 143 cm³/mol. The number of rotatable bonds is 9. The number of nitrogens with one attached hydrogen (secondary N) is 3. The number of ether oxygens (including phenoxy) is 1. The third-order valence-electron chi connectivity index (χ3n) is 4.90.